The quantitative estimate of drug-likeness (QED) is 0.359. The molecule has 0 aliphatic carbocycles. The van der Waals surface area contributed by atoms with Crippen LogP contribution >= 0.6 is 0 Å². The van der Waals surface area contributed by atoms with Gasteiger partial charge in [0.05, 0.1) is 7.11 Å². The van der Waals surface area contributed by atoms with Gasteiger partial charge in [-0.15, -0.1) is 0 Å². The van der Waals surface area contributed by atoms with Crippen molar-refractivity contribution in [1.29, 1.82) is 0 Å². The van der Waals surface area contributed by atoms with Gasteiger partial charge in [0.2, 0.25) is 11.2 Å². The molecule has 2 heterocycles. The summed E-state index contributed by atoms with van der Waals surface area (Å²) in [6.45, 7) is 0.0316. The van der Waals surface area contributed by atoms with Crippen molar-refractivity contribution in [2.45, 2.75) is 6.61 Å². The second-order valence-electron chi connectivity index (χ2n) is 6.93. The molecule has 0 aliphatic rings. The number of aromatic hydroxyl groups is 3. The average molecular weight is 436 g/mol. The maximum Gasteiger partial charge on any atom is 0.227 e. The smallest absolute Gasteiger partial charge is 0.227 e. The summed E-state index contributed by atoms with van der Waals surface area (Å²) in [6.07, 6.45) is 0. The summed E-state index contributed by atoms with van der Waals surface area (Å²) < 4.78 is 16.0. The van der Waals surface area contributed by atoms with Gasteiger partial charge in [0.25, 0.3) is 0 Å². The van der Waals surface area contributed by atoms with Crippen LogP contribution in [0.5, 0.6) is 23.0 Å². The Labute approximate surface area is 182 Å². The summed E-state index contributed by atoms with van der Waals surface area (Å²) >= 11 is 0. The summed E-state index contributed by atoms with van der Waals surface area (Å²) in [6, 6.07) is 12.1. The Bertz CT molecular complexity index is 1320. The molecular formula is C23H20N2O7. The van der Waals surface area contributed by atoms with Gasteiger partial charge in [0.1, 0.15) is 35.3 Å². The van der Waals surface area contributed by atoms with E-state index in [1.807, 2.05) is 0 Å². The van der Waals surface area contributed by atoms with Gasteiger partial charge < -0.3 is 34.2 Å². The van der Waals surface area contributed by atoms with E-state index in [2.05, 4.69) is 9.97 Å². The number of rotatable bonds is 6. The Hall–Kier alpha value is -4.24. The number of methoxy groups -OCH3 is 2. The highest BCUT2D eigenvalue weighted by Gasteiger charge is 2.23. The molecule has 164 valence electrons. The number of benzene rings is 2. The Morgan fingerprint density at radius 2 is 1.72 bits per heavy atom. The van der Waals surface area contributed by atoms with Gasteiger partial charge in [-0.05, 0) is 42.5 Å². The summed E-state index contributed by atoms with van der Waals surface area (Å²) in [7, 11) is 2.88. The van der Waals surface area contributed by atoms with E-state index < -0.39 is 11.2 Å². The lowest BCUT2D eigenvalue weighted by molar-refractivity contribution is 0.162. The number of nitrogens with one attached hydrogen (secondary N) is 1. The van der Waals surface area contributed by atoms with Crippen molar-refractivity contribution in [2.24, 2.45) is 0 Å². The fraction of sp³-hybridized carbons (Fsp3) is 0.130. The summed E-state index contributed by atoms with van der Waals surface area (Å²) in [5.41, 5.74) is 1.15. The molecule has 0 bridgehead atoms. The van der Waals surface area contributed by atoms with Gasteiger partial charge in [-0.25, -0.2) is 4.98 Å². The molecule has 0 fully saturated rings. The summed E-state index contributed by atoms with van der Waals surface area (Å²) in [5.74, 6) is 0.202. The van der Waals surface area contributed by atoms with E-state index >= 15 is 0 Å². The number of ether oxygens (including phenoxy) is 2. The zero-order valence-corrected chi connectivity index (χ0v) is 17.2. The third-order valence-corrected chi connectivity index (χ3v) is 4.79. The van der Waals surface area contributed by atoms with E-state index in [9.17, 15) is 20.1 Å². The molecule has 4 aromatic rings. The lowest BCUT2D eigenvalue weighted by Gasteiger charge is -2.08. The molecule has 4 rings (SSSR count). The molecule has 0 saturated carbocycles. The van der Waals surface area contributed by atoms with E-state index in [-0.39, 0.29) is 41.1 Å². The van der Waals surface area contributed by atoms with Crippen LogP contribution in [0, 0.1) is 0 Å². The Balaban J connectivity index is 1.97. The maximum atomic E-state index is 12.3. The number of imidazole rings is 1. The molecule has 0 spiro atoms. The predicted octanol–water partition coefficient (Wildman–Crippen LogP) is 3.64. The first-order valence-corrected chi connectivity index (χ1v) is 9.53. The first kappa shape index (κ1) is 21.0. The molecule has 9 nitrogen and oxygen atoms in total. The van der Waals surface area contributed by atoms with Crippen LogP contribution in [0.4, 0.5) is 0 Å². The minimum atomic E-state index is -0.631. The average Bonchev–Trinajstić information content (AvgIpc) is 3.22. The molecule has 4 N–H and O–H groups in total. The number of phenols is 2. The number of aromatic amines is 1. The largest absolute Gasteiger partial charge is 0.508 e. The van der Waals surface area contributed by atoms with Crippen molar-refractivity contribution in [2.75, 3.05) is 14.2 Å². The number of H-pyrrole nitrogens is 1. The zero-order chi connectivity index (χ0) is 22.8. The lowest BCUT2D eigenvalue weighted by Crippen LogP contribution is -2.04. The third-order valence-electron chi connectivity index (χ3n) is 4.79. The number of nitrogens with zero attached hydrogens (tertiary/aromatic N) is 1. The molecule has 0 unspecified atom stereocenters. The van der Waals surface area contributed by atoms with Crippen LogP contribution in [0.25, 0.3) is 34.1 Å². The van der Waals surface area contributed by atoms with Crippen LogP contribution < -0.4 is 10.2 Å². The fourth-order valence-electron chi connectivity index (χ4n) is 3.25. The first-order valence-electron chi connectivity index (χ1n) is 9.53. The Morgan fingerprint density at radius 1 is 1.00 bits per heavy atom. The lowest BCUT2D eigenvalue weighted by atomic mass is 10.1. The van der Waals surface area contributed by atoms with E-state index in [0.717, 1.165) is 6.07 Å². The number of phenolic OH excluding ortho intramolecular Hbond substituents is 2. The van der Waals surface area contributed by atoms with Crippen LogP contribution in [0.1, 0.15) is 5.76 Å². The van der Waals surface area contributed by atoms with Crippen molar-refractivity contribution >= 4 is 0 Å². The van der Waals surface area contributed by atoms with Gasteiger partial charge in [-0.2, -0.15) is 0 Å². The van der Waals surface area contributed by atoms with Crippen molar-refractivity contribution in [3.8, 4) is 57.1 Å². The van der Waals surface area contributed by atoms with Crippen LogP contribution in [0.15, 0.2) is 57.7 Å². The van der Waals surface area contributed by atoms with Crippen LogP contribution in [0.2, 0.25) is 0 Å². The van der Waals surface area contributed by atoms with Crippen molar-refractivity contribution in [3.05, 3.63) is 64.5 Å². The van der Waals surface area contributed by atoms with E-state index in [1.165, 1.54) is 32.4 Å². The van der Waals surface area contributed by atoms with Gasteiger partial charge in [-0.1, -0.05) is 0 Å². The number of hydrogen-bond acceptors (Lipinski definition) is 8. The topological polar surface area (TPSA) is 138 Å². The standard InChI is InChI=1S/C23H20N2O7/c1-30-11-15-10-17(28)21(29)22(32-15)20-19(13-5-8-16(27)18(9-13)31-2)24-23(25-20)12-3-6-14(26)7-4-12/h3-10,26-27,29H,11H2,1-2H3,(H,24,25). The Kier molecular flexibility index (Phi) is 5.57. The minimum Gasteiger partial charge on any atom is -0.508 e. The highest BCUT2D eigenvalue weighted by Crippen LogP contribution is 2.39. The van der Waals surface area contributed by atoms with Crippen molar-refractivity contribution in [3.63, 3.8) is 0 Å². The van der Waals surface area contributed by atoms with Crippen LogP contribution in [-0.4, -0.2) is 39.5 Å². The summed E-state index contributed by atoms with van der Waals surface area (Å²) in [4.78, 5) is 20.1. The van der Waals surface area contributed by atoms with Gasteiger partial charge in [0, 0.05) is 24.3 Å². The molecule has 2 aromatic heterocycles. The Morgan fingerprint density at radius 3 is 2.41 bits per heavy atom. The van der Waals surface area contributed by atoms with Crippen LogP contribution in [-0.2, 0) is 11.3 Å². The molecular weight excluding hydrogens is 416 g/mol. The highest BCUT2D eigenvalue weighted by atomic mass is 16.5. The molecule has 32 heavy (non-hydrogen) atoms. The highest BCUT2D eigenvalue weighted by molar-refractivity contribution is 5.82. The molecule has 0 aliphatic heterocycles. The van der Waals surface area contributed by atoms with Crippen molar-refractivity contribution < 1.29 is 29.2 Å². The second kappa shape index (κ2) is 8.48. The van der Waals surface area contributed by atoms with E-state index in [4.69, 9.17) is 13.9 Å². The SMILES string of the molecule is COCc1cc(=O)c(O)c(-c2[nH]c(-c3ccc(O)cc3)nc2-c2ccc(O)c(OC)c2)o1. The van der Waals surface area contributed by atoms with Crippen LogP contribution in [0.3, 0.4) is 0 Å². The zero-order valence-electron chi connectivity index (χ0n) is 17.2. The normalized spacial score (nSPS) is 10.9. The minimum absolute atomic E-state index is 0.0316. The molecule has 9 heteroatoms. The predicted molar refractivity (Wildman–Crippen MR) is 116 cm³/mol. The second-order valence-corrected chi connectivity index (χ2v) is 6.93. The van der Waals surface area contributed by atoms with Gasteiger partial charge in [-0.3, -0.25) is 4.79 Å². The monoisotopic (exact) mass is 436 g/mol. The van der Waals surface area contributed by atoms with E-state index in [0.29, 0.717) is 22.6 Å². The molecule has 0 amide bonds. The molecule has 0 saturated heterocycles. The maximum absolute atomic E-state index is 12.3. The number of aromatic nitrogens is 2. The van der Waals surface area contributed by atoms with Crippen molar-refractivity contribution in [1.82, 2.24) is 9.97 Å². The number of hydrogen-bond donors (Lipinski definition) is 4. The fourth-order valence-corrected chi connectivity index (χ4v) is 3.25. The van der Waals surface area contributed by atoms with Gasteiger partial charge >= 0.3 is 0 Å². The third kappa shape index (κ3) is 3.88. The summed E-state index contributed by atoms with van der Waals surface area (Å²) in [5, 5.41) is 30.0. The van der Waals surface area contributed by atoms with E-state index in [1.54, 1.807) is 24.3 Å². The van der Waals surface area contributed by atoms with Gasteiger partial charge in [0.15, 0.2) is 17.3 Å². The molecule has 0 radical (unpaired) electrons. The first-order chi connectivity index (χ1) is 15.4. The molecule has 2 aromatic carbocycles. The molecule has 0 atom stereocenters.